The van der Waals surface area contributed by atoms with Crippen molar-refractivity contribution >= 4 is 23.7 Å². The largest absolute Gasteiger partial charge is 0.497 e. The molecular weight excluding hydrogens is 323 g/mol. The van der Waals surface area contributed by atoms with Crippen LogP contribution in [0.15, 0.2) is 35.0 Å². The van der Waals surface area contributed by atoms with Gasteiger partial charge in [-0.1, -0.05) is 0 Å². The number of nitrogens with one attached hydrogen (secondary N) is 1. The monoisotopic (exact) mass is 342 g/mol. The lowest BCUT2D eigenvalue weighted by Crippen LogP contribution is -2.45. The predicted molar refractivity (Wildman–Crippen MR) is 90.8 cm³/mol. The van der Waals surface area contributed by atoms with Gasteiger partial charge < -0.3 is 10.1 Å². The molecule has 1 aliphatic rings. The van der Waals surface area contributed by atoms with Crippen LogP contribution in [-0.2, 0) is 0 Å². The standard InChI is InChI=1S/C16H19FN2OS.ClH/c1-20-13-2-3-15(17)14(10-13)16(12-4-9-21-11-12)19-7-5-18-6-8-19;/h2-4,9-11,16,18H,5-8H2,1H3;1H/t16-;/m1./s1. The zero-order valence-corrected chi connectivity index (χ0v) is 14.1. The third-order valence-electron chi connectivity index (χ3n) is 3.87. The molecular formula is C16H20ClFN2OS. The van der Waals surface area contributed by atoms with Crippen LogP contribution >= 0.6 is 23.7 Å². The zero-order chi connectivity index (χ0) is 14.7. The fourth-order valence-electron chi connectivity index (χ4n) is 2.82. The first-order chi connectivity index (χ1) is 10.3. The topological polar surface area (TPSA) is 24.5 Å². The van der Waals surface area contributed by atoms with Crippen molar-refractivity contribution in [3.8, 4) is 5.75 Å². The quantitative estimate of drug-likeness (QED) is 0.922. The number of rotatable bonds is 4. The second-order valence-corrected chi connectivity index (χ2v) is 5.91. The van der Waals surface area contributed by atoms with Crippen molar-refractivity contribution in [3.63, 3.8) is 0 Å². The molecule has 0 spiro atoms. The summed E-state index contributed by atoms with van der Waals surface area (Å²) in [6.45, 7) is 3.70. The summed E-state index contributed by atoms with van der Waals surface area (Å²) in [7, 11) is 1.61. The highest BCUT2D eigenvalue weighted by atomic mass is 35.5. The summed E-state index contributed by atoms with van der Waals surface area (Å²) >= 11 is 1.65. The van der Waals surface area contributed by atoms with E-state index in [4.69, 9.17) is 4.74 Å². The number of benzene rings is 1. The average molecular weight is 343 g/mol. The lowest BCUT2D eigenvalue weighted by Gasteiger charge is -2.35. The summed E-state index contributed by atoms with van der Waals surface area (Å²) in [5.74, 6) is 0.521. The summed E-state index contributed by atoms with van der Waals surface area (Å²) in [5, 5.41) is 7.49. The van der Waals surface area contributed by atoms with Crippen molar-refractivity contribution < 1.29 is 9.13 Å². The van der Waals surface area contributed by atoms with Gasteiger partial charge in [0, 0.05) is 31.7 Å². The molecule has 120 valence electrons. The van der Waals surface area contributed by atoms with Gasteiger partial charge >= 0.3 is 0 Å². The molecule has 1 saturated heterocycles. The smallest absolute Gasteiger partial charge is 0.128 e. The molecule has 0 saturated carbocycles. The van der Waals surface area contributed by atoms with Crippen LogP contribution in [0, 0.1) is 5.82 Å². The Bertz CT molecular complexity index is 588. The van der Waals surface area contributed by atoms with Crippen LogP contribution in [0.4, 0.5) is 4.39 Å². The molecule has 0 aliphatic carbocycles. The molecule has 1 aliphatic heterocycles. The van der Waals surface area contributed by atoms with E-state index in [1.54, 1.807) is 24.5 Å². The highest BCUT2D eigenvalue weighted by Gasteiger charge is 2.26. The summed E-state index contributed by atoms with van der Waals surface area (Å²) in [5.41, 5.74) is 1.84. The first-order valence-corrected chi connectivity index (χ1v) is 8.04. The van der Waals surface area contributed by atoms with Gasteiger partial charge in [-0.2, -0.15) is 11.3 Å². The second kappa shape index (κ2) is 7.92. The molecule has 1 N–H and O–H groups in total. The first-order valence-electron chi connectivity index (χ1n) is 7.10. The van der Waals surface area contributed by atoms with E-state index >= 15 is 0 Å². The van der Waals surface area contributed by atoms with Crippen LogP contribution in [0.25, 0.3) is 0 Å². The Kier molecular flexibility index (Phi) is 6.20. The van der Waals surface area contributed by atoms with Crippen molar-refractivity contribution in [2.75, 3.05) is 33.3 Å². The fraction of sp³-hybridized carbons (Fsp3) is 0.375. The molecule has 6 heteroatoms. The van der Waals surface area contributed by atoms with Crippen LogP contribution in [0.1, 0.15) is 17.2 Å². The minimum atomic E-state index is -0.175. The predicted octanol–water partition coefficient (Wildman–Crippen LogP) is 3.31. The molecule has 3 rings (SSSR count). The molecule has 3 nitrogen and oxygen atoms in total. The van der Waals surface area contributed by atoms with E-state index in [0.717, 1.165) is 31.7 Å². The van der Waals surface area contributed by atoms with E-state index in [2.05, 4.69) is 21.7 Å². The van der Waals surface area contributed by atoms with Crippen LogP contribution in [-0.4, -0.2) is 38.2 Å². The summed E-state index contributed by atoms with van der Waals surface area (Å²) in [6, 6.07) is 7.01. The van der Waals surface area contributed by atoms with Gasteiger partial charge in [0.1, 0.15) is 11.6 Å². The molecule has 0 bridgehead atoms. The van der Waals surface area contributed by atoms with Crippen molar-refractivity contribution in [2.24, 2.45) is 0 Å². The Morgan fingerprint density at radius 2 is 2.05 bits per heavy atom. The Morgan fingerprint density at radius 1 is 1.27 bits per heavy atom. The fourth-order valence-corrected chi connectivity index (χ4v) is 3.50. The summed E-state index contributed by atoms with van der Waals surface area (Å²) in [6.07, 6.45) is 0. The molecule has 1 aromatic heterocycles. The molecule has 0 radical (unpaired) electrons. The normalized spacial score (nSPS) is 16.8. The minimum absolute atomic E-state index is 0. The van der Waals surface area contributed by atoms with Gasteiger partial charge in [0.2, 0.25) is 0 Å². The number of hydrogen-bond acceptors (Lipinski definition) is 4. The third-order valence-corrected chi connectivity index (χ3v) is 4.57. The highest BCUT2D eigenvalue weighted by Crippen LogP contribution is 2.33. The average Bonchev–Trinajstić information content (AvgIpc) is 3.04. The second-order valence-electron chi connectivity index (χ2n) is 5.13. The minimum Gasteiger partial charge on any atom is -0.497 e. The number of methoxy groups -OCH3 is 1. The van der Waals surface area contributed by atoms with E-state index in [9.17, 15) is 4.39 Å². The van der Waals surface area contributed by atoms with Crippen LogP contribution in [0.3, 0.4) is 0 Å². The van der Waals surface area contributed by atoms with E-state index in [-0.39, 0.29) is 24.3 Å². The van der Waals surface area contributed by atoms with Gasteiger partial charge in [0.25, 0.3) is 0 Å². The van der Waals surface area contributed by atoms with Gasteiger partial charge in [-0.15, -0.1) is 12.4 Å². The summed E-state index contributed by atoms with van der Waals surface area (Å²) < 4.78 is 19.7. The van der Waals surface area contributed by atoms with E-state index in [0.29, 0.717) is 11.3 Å². The number of ether oxygens (including phenoxy) is 1. The Balaban J connectivity index is 0.00000176. The number of thiophene rings is 1. The van der Waals surface area contributed by atoms with E-state index in [1.807, 2.05) is 11.4 Å². The van der Waals surface area contributed by atoms with Gasteiger partial charge in [-0.05, 0) is 40.6 Å². The van der Waals surface area contributed by atoms with Gasteiger partial charge in [0.05, 0.1) is 13.2 Å². The van der Waals surface area contributed by atoms with Crippen molar-refractivity contribution in [1.29, 1.82) is 0 Å². The van der Waals surface area contributed by atoms with Gasteiger partial charge in [-0.25, -0.2) is 4.39 Å². The SMILES string of the molecule is COc1ccc(F)c([C@@H](c2ccsc2)N2CCNCC2)c1.Cl. The van der Waals surface area contributed by atoms with Crippen molar-refractivity contribution in [2.45, 2.75) is 6.04 Å². The Hall–Kier alpha value is -1.14. The lowest BCUT2D eigenvalue weighted by molar-refractivity contribution is 0.195. The molecule has 1 atom stereocenters. The van der Waals surface area contributed by atoms with E-state index < -0.39 is 0 Å². The number of nitrogens with zero attached hydrogens (tertiary/aromatic N) is 1. The zero-order valence-electron chi connectivity index (χ0n) is 12.4. The van der Waals surface area contributed by atoms with Crippen molar-refractivity contribution in [3.05, 3.63) is 52.0 Å². The van der Waals surface area contributed by atoms with E-state index in [1.165, 1.54) is 6.07 Å². The first kappa shape index (κ1) is 17.2. The van der Waals surface area contributed by atoms with Crippen molar-refractivity contribution in [1.82, 2.24) is 10.2 Å². The molecule has 2 aromatic rings. The Labute approximate surface area is 140 Å². The molecule has 1 fully saturated rings. The molecule has 0 unspecified atom stereocenters. The molecule has 0 amide bonds. The molecule has 1 aromatic carbocycles. The maximum atomic E-state index is 14.4. The third kappa shape index (κ3) is 3.60. The highest BCUT2D eigenvalue weighted by molar-refractivity contribution is 7.08. The maximum absolute atomic E-state index is 14.4. The van der Waals surface area contributed by atoms with Crippen LogP contribution in [0.2, 0.25) is 0 Å². The van der Waals surface area contributed by atoms with Crippen LogP contribution in [0.5, 0.6) is 5.75 Å². The number of piperazine rings is 1. The molecule has 22 heavy (non-hydrogen) atoms. The lowest BCUT2D eigenvalue weighted by atomic mass is 9.98. The van der Waals surface area contributed by atoms with Gasteiger partial charge in [0.15, 0.2) is 0 Å². The maximum Gasteiger partial charge on any atom is 0.128 e. The Morgan fingerprint density at radius 3 is 2.68 bits per heavy atom. The number of hydrogen-bond donors (Lipinski definition) is 1. The van der Waals surface area contributed by atoms with Crippen LogP contribution < -0.4 is 10.1 Å². The number of halogens is 2. The van der Waals surface area contributed by atoms with Gasteiger partial charge in [-0.3, -0.25) is 4.90 Å². The molecule has 2 heterocycles. The summed E-state index contributed by atoms with van der Waals surface area (Å²) in [4.78, 5) is 2.33.